The molecule has 0 aromatic heterocycles. The lowest BCUT2D eigenvalue weighted by atomic mass is 9.73. The molecule has 2 aliphatic rings. The quantitative estimate of drug-likeness (QED) is 0.511. The number of aliphatic hydroxyl groups is 1. The SMILES string of the molecule is CC1(OC(=O)C(C)(F)C(C)(F)F)CC2CC(CC(O)(C(F)(F)F)C(F)(F)F)C1O2. The topological polar surface area (TPSA) is 55.8 Å². The Morgan fingerprint density at radius 1 is 1.07 bits per heavy atom. The predicted molar refractivity (Wildman–Crippen MR) is 77.7 cm³/mol. The molecule has 0 amide bonds. The van der Waals surface area contributed by atoms with Crippen molar-refractivity contribution in [3.05, 3.63) is 0 Å². The molecule has 2 rings (SSSR count). The molecule has 1 N–H and O–H groups in total. The molecule has 2 fully saturated rings. The van der Waals surface area contributed by atoms with Crippen LogP contribution in [-0.4, -0.2) is 58.4 Å². The van der Waals surface area contributed by atoms with Gasteiger partial charge in [0.2, 0.25) is 0 Å². The Morgan fingerprint density at radius 3 is 1.93 bits per heavy atom. The summed E-state index contributed by atoms with van der Waals surface area (Å²) in [5, 5.41) is 9.39. The molecule has 2 saturated heterocycles. The minimum absolute atomic E-state index is 0.115. The third kappa shape index (κ3) is 3.91. The fraction of sp³-hybridized carbons (Fsp3) is 0.938. The third-order valence-corrected chi connectivity index (χ3v) is 5.60. The number of carbonyl (C=O) groups excluding carboxylic acids is 1. The molecular formula is C16H19F9O4. The summed E-state index contributed by atoms with van der Waals surface area (Å²) in [5.41, 5.74) is -10.8. The molecule has 0 spiro atoms. The molecule has 0 aromatic rings. The maximum absolute atomic E-state index is 14.1. The number of hydrogen-bond donors (Lipinski definition) is 1. The van der Waals surface area contributed by atoms with E-state index in [0.717, 1.165) is 6.92 Å². The molecule has 2 heterocycles. The van der Waals surface area contributed by atoms with Crippen molar-refractivity contribution in [3.8, 4) is 0 Å². The van der Waals surface area contributed by atoms with Crippen molar-refractivity contribution in [1.82, 2.24) is 0 Å². The standard InChI is InChI=1S/C16H19F9O4/c1-11(29-10(26)12(2,17)13(3,18)19)6-8-4-7(9(11)28-8)5-14(27,15(20,21)22)16(23,24)25/h7-9,27H,4-6H2,1-3H3. The van der Waals surface area contributed by atoms with Crippen molar-refractivity contribution in [2.24, 2.45) is 5.92 Å². The molecule has 0 aromatic carbocycles. The molecule has 5 unspecified atom stereocenters. The summed E-state index contributed by atoms with van der Waals surface area (Å²) in [7, 11) is 0. The van der Waals surface area contributed by atoms with Crippen LogP contribution in [0.2, 0.25) is 0 Å². The number of rotatable bonds is 5. The Morgan fingerprint density at radius 2 is 1.55 bits per heavy atom. The first-order valence-corrected chi connectivity index (χ1v) is 8.47. The van der Waals surface area contributed by atoms with Crippen molar-refractivity contribution >= 4 is 5.97 Å². The fourth-order valence-electron chi connectivity index (χ4n) is 3.73. The average Bonchev–Trinajstić information content (AvgIpc) is 2.99. The summed E-state index contributed by atoms with van der Waals surface area (Å²) in [6, 6.07) is 0. The second kappa shape index (κ2) is 6.63. The van der Waals surface area contributed by atoms with Crippen molar-refractivity contribution in [1.29, 1.82) is 0 Å². The Labute approximate surface area is 159 Å². The minimum atomic E-state index is -6.05. The summed E-state index contributed by atoms with van der Waals surface area (Å²) in [5.74, 6) is -7.76. The normalized spacial score (nSPS) is 32.9. The van der Waals surface area contributed by atoms with Crippen LogP contribution >= 0.6 is 0 Å². The first kappa shape index (κ1) is 24.0. The highest BCUT2D eigenvalue weighted by atomic mass is 19.4. The van der Waals surface area contributed by atoms with E-state index in [4.69, 9.17) is 9.47 Å². The van der Waals surface area contributed by atoms with Crippen LogP contribution in [-0.2, 0) is 14.3 Å². The number of ether oxygens (including phenoxy) is 2. The first-order chi connectivity index (χ1) is 12.7. The number of halogens is 9. The number of fused-ring (bicyclic) bond motifs is 2. The summed E-state index contributed by atoms with van der Waals surface area (Å²) < 4.78 is 129. The van der Waals surface area contributed by atoms with Crippen molar-refractivity contribution < 1.29 is 58.9 Å². The van der Waals surface area contributed by atoms with E-state index in [1.54, 1.807) is 0 Å². The van der Waals surface area contributed by atoms with Crippen LogP contribution in [0.4, 0.5) is 39.5 Å². The van der Waals surface area contributed by atoms with Gasteiger partial charge in [0.05, 0.1) is 6.10 Å². The van der Waals surface area contributed by atoms with Gasteiger partial charge in [-0.1, -0.05) is 0 Å². The molecule has 2 aliphatic heterocycles. The number of esters is 1. The van der Waals surface area contributed by atoms with Gasteiger partial charge < -0.3 is 14.6 Å². The van der Waals surface area contributed by atoms with Gasteiger partial charge in [0.15, 0.2) is 0 Å². The Hall–Kier alpha value is -1.24. The lowest BCUT2D eigenvalue weighted by Gasteiger charge is -2.41. The van der Waals surface area contributed by atoms with Crippen LogP contribution in [0.15, 0.2) is 0 Å². The lowest BCUT2D eigenvalue weighted by molar-refractivity contribution is -0.373. The molecule has 170 valence electrons. The molecule has 0 radical (unpaired) electrons. The summed E-state index contributed by atoms with van der Waals surface area (Å²) in [6.07, 6.45) is -17.0. The first-order valence-electron chi connectivity index (χ1n) is 8.47. The molecule has 0 saturated carbocycles. The smallest absolute Gasteiger partial charge is 0.426 e. The molecule has 0 aliphatic carbocycles. The highest BCUT2D eigenvalue weighted by molar-refractivity contribution is 5.80. The van der Waals surface area contributed by atoms with Crippen LogP contribution in [0.25, 0.3) is 0 Å². The van der Waals surface area contributed by atoms with Gasteiger partial charge in [0, 0.05) is 13.3 Å². The van der Waals surface area contributed by atoms with Crippen LogP contribution in [0, 0.1) is 5.92 Å². The maximum atomic E-state index is 14.1. The van der Waals surface area contributed by atoms with Gasteiger partial charge in [0.25, 0.3) is 17.2 Å². The molecule has 13 heteroatoms. The number of carbonyl (C=O) groups is 1. The van der Waals surface area contributed by atoms with Crippen LogP contribution in [0.1, 0.15) is 40.0 Å². The van der Waals surface area contributed by atoms with E-state index >= 15 is 0 Å². The van der Waals surface area contributed by atoms with Crippen LogP contribution in [0.3, 0.4) is 0 Å². The molecule has 4 nitrogen and oxygen atoms in total. The van der Waals surface area contributed by atoms with Gasteiger partial charge in [0.1, 0.15) is 11.7 Å². The summed E-state index contributed by atoms with van der Waals surface area (Å²) >= 11 is 0. The molecule has 5 atom stereocenters. The summed E-state index contributed by atoms with van der Waals surface area (Å²) in [6.45, 7) is 1.41. The third-order valence-electron chi connectivity index (χ3n) is 5.60. The maximum Gasteiger partial charge on any atom is 0.426 e. The van der Waals surface area contributed by atoms with Gasteiger partial charge in [-0.15, -0.1) is 0 Å². The Bertz CT molecular complexity index is 638. The van der Waals surface area contributed by atoms with Crippen molar-refractivity contribution in [3.63, 3.8) is 0 Å². The fourth-order valence-corrected chi connectivity index (χ4v) is 3.73. The largest absolute Gasteiger partial charge is 0.454 e. The van der Waals surface area contributed by atoms with Crippen molar-refractivity contribution in [2.45, 2.75) is 87.4 Å². The minimum Gasteiger partial charge on any atom is -0.454 e. The van der Waals surface area contributed by atoms with Gasteiger partial charge in [-0.3, -0.25) is 0 Å². The second-order valence-electron chi connectivity index (χ2n) is 8.03. The lowest BCUT2D eigenvalue weighted by Crippen LogP contribution is -2.60. The average molecular weight is 446 g/mol. The van der Waals surface area contributed by atoms with E-state index in [-0.39, 0.29) is 26.7 Å². The van der Waals surface area contributed by atoms with Gasteiger partial charge in [-0.2, -0.15) is 26.3 Å². The molecule has 2 bridgehead atoms. The zero-order valence-corrected chi connectivity index (χ0v) is 15.4. The Balaban J connectivity index is 2.26. The summed E-state index contributed by atoms with van der Waals surface area (Å²) in [4.78, 5) is 11.9. The zero-order valence-electron chi connectivity index (χ0n) is 15.4. The van der Waals surface area contributed by atoms with Crippen LogP contribution in [0.5, 0.6) is 0 Å². The Kier molecular flexibility index (Phi) is 5.49. The van der Waals surface area contributed by atoms with E-state index in [1.807, 2.05) is 0 Å². The van der Waals surface area contributed by atoms with Crippen LogP contribution < -0.4 is 0 Å². The van der Waals surface area contributed by atoms with E-state index in [9.17, 15) is 49.4 Å². The number of alkyl halides is 9. The van der Waals surface area contributed by atoms with E-state index in [2.05, 4.69) is 0 Å². The zero-order chi connectivity index (χ0) is 22.8. The van der Waals surface area contributed by atoms with E-state index in [0.29, 0.717) is 0 Å². The molecule has 29 heavy (non-hydrogen) atoms. The molecular weight excluding hydrogens is 427 g/mol. The monoisotopic (exact) mass is 446 g/mol. The van der Waals surface area contributed by atoms with Gasteiger partial charge in [-0.05, 0) is 32.6 Å². The van der Waals surface area contributed by atoms with Crippen molar-refractivity contribution in [2.75, 3.05) is 0 Å². The highest BCUT2D eigenvalue weighted by Gasteiger charge is 2.72. The number of hydrogen-bond acceptors (Lipinski definition) is 4. The van der Waals surface area contributed by atoms with E-state index < -0.39 is 65.7 Å². The predicted octanol–water partition coefficient (Wildman–Crippen LogP) is 4.09. The second-order valence-corrected chi connectivity index (χ2v) is 8.03. The van der Waals surface area contributed by atoms with E-state index in [1.165, 1.54) is 0 Å². The highest BCUT2D eigenvalue weighted by Crippen LogP contribution is 2.54. The van der Waals surface area contributed by atoms with Gasteiger partial charge >= 0.3 is 18.3 Å². The van der Waals surface area contributed by atoms with Gasteiger partial charge in [-0.25, -0.2) is 18.0 Å².